The Bertz CT molecular complexity index is 985. The van der Waals surface area contributed by atoms with Gasteiger partial charge in [0.25, 0.3) is 5.91 Å². The van der Waals surface area contributed by atoms with Gasteiger partial charge >= 0.3 is 6.18 Å². The van der Waals surface area contributed by atoms with Gasteiger partial charge in [0.05, 0.1) is 17.2 Å². The molecular weight excluding hydrogens is 380 g/mol. The van der Waals surface area contributed by atoms with Crippen LogP contribution in [0.5, 0.6) is 0 Å². The van der Waals surface area contributed by atoms with Crippen molar-refractivity contribution in [2.75, 3.05) is 6.54 Å². The first-order valence-electron chi connectivity index (χ1n) is 8.11. The number of hydrogen-bond acceptors (Lipinski definition) is 4. The van der Waals surface area contributed by atoms with Gasteiger partial charge in [0.15, 0.2) is 11.5 Å². The number of benzene rings is 2. The third-order valence-corrected chi connectivity index (χ3v) is 3.96. The van der Waals surface area contributed by atoms with Crippen LogP contribution in [0.25, 0.3) is 11.3 Å². The van der Waals surface area contributed by atoms with Crippen LogP contribution in [0.15, 0.2) is 59.1 Å². The van der Waals surface area contributed by atoms with Crippen LogP contribution < -0.4 is 5.32 Å². The molecule has 5 nitrogen and oxygen atoms in total. The largest absolute Gasteiger partial charge is 0.416 e. The minimum Gasteiger partial charge on any atom is -0.387 e. The van der Waals surface area contributed by atoms with E-state index in [-0.39, 0.29) is 22.6 Å². The van der Waals surface area contributed by atoms with E-state index in [2.05, 4.69) is 10.5 Å². The maximum absolute atomic E-state index is 13.7. The smallest absolute Gasteiger partial charge is 0.387 e. The van der Waals surface area contributed by atoms with Gasteiger partial charge in [-0.2, -0.15) is 13.2 Å². The zero-order valence-electron chi connectivity index (χ0n) is 14.2. The maximum atomic E-state index is 13.7. The first-order chi connectivity index (χ1) is 13.3. The summed E-state index contributed by atoms with van der Waals surface area (Å²) < 4.78 is 57.7. The number of rotatable bonds is 5. The van der Waals surface area contributed by atoms with Gasteiger partial charge in [-0.1, -0.05) is 35.5 Å². The summed E-state index contributed by atoms with van der Waals surface area (Å²) in [6.45, 7) is -0.478. The molecule has 2 N–H and O–H groups in total. The number of alkyl halides is 3. The van der Waals surface area contributed by atoms with Gasteiger partial charge < -0.3 is 14.9 Å². The summed E-state index contributed by atoms with van der Waals surface area (Å²) in [4.78, 5) is 12.1. The number of hydrogen-bond donors (Lipinski definition) is 2. The summed E-state index contributed by atoms with van der Waals surface area (Å²) >= 11 is 0. The zero-order chi connectivity index (χ0) is 20.3. The van der Waals surface area contributed by atoms with E-state index in [1.54, 1.807) is 6.07 Å². The monoisotopic (exact) mass is 394 g/mol. The van der Waals surface area contributed by atoms with E-state index >= 15 is 0 Å². The standard InChI is InChI=1S/C19H14F4N2O3/c20-14-8-4-2-6-12(14)17-9-15(25-28-17)18(27)24-10-16(26)11-5-1-3-7-13(11)19(21,22)23/h1-9,16,26H,10H2,(H,24,27). The highest BCUT2D eigenvalue weighted by molar-refractivity contribution is 5.93. The summed E-state index contributed by atoms with van der Waals surface area (Å²) in [7, 11) is 0. The van der Waals surface area contributed by atoms with Crippen molar-refractivity contribution in [2.24, 2.45) is 0 Å². The fraction of sp³-hybridized carbons (Fsp3) is 0.158. The molecule has 1 unspecified atom stereocenters. The Morgan fingerprint density at radius 1 is 1.14 bits per heavy atom. The van der Waals surface area contributed by atoms with Crippen molar-refractivity contribution in [3.05, 3.63) is 77.2 Å². The number of aliphatic hydroxyl groups is 1. The van der Waals surface area contributed by atoms with Crippen LogP contribution in [-0.4, -0.2) is 22.7 Å². The lowest BCUT2D eigenvalue weighted by Gasteiger charge is -2.17. The first kappa shape index (κ1) is 19.6. The van der Waals surface area contributed by atoms with E-state index < -0.39 is 36.1 Å². The average molecular weight is 394 g/mol. The minimum atomic E-state index is -4.64. The van der Waals surface area contributed by atoms with Crippen LogP contribution in [0.4, 0.5) is 17.6 Å². The molecule has 0 fully saturated rings. The van der Waals surface area contributed by atoms with Crippen molar-refractivity contribution < 1.29 is 32.0 Å². The number of aliphatic hydroxyl groups excluding tert-OH is 1. The third kappa shape index (κ3) is 4.20. The molecule has 1 atom stereocenters. The molecular formula is C19H14F4N2O3. The molecule has 1 aromatic heterocycles. The molecule has 0 saturated carbocycles. The third-order valence-electron chi connectivity index (χ3n) is 3.96. The summed E-state index contributed by atoms with van der Waals surface area (Å²) in [5.74, 6) is -1.33. The van der Waals surface area contributed by atoms with E-state index in [4.69, 9.17) is 4.52 Å². The average Bonchev–Trinajstić information content (AvgIpc) is 3.15. The van der Waals surface area contributed by atoms with Crippen LogP contribution in [0.3, 0.4) is 0 Å². The van der Waals surface area contributed by atoms with E-state index in [0.29, 0.717) is 0 Å². The first-order valence-corrected chi connectivity index (χ1v) is 8.11. The second-order valence-corrected chi connectivity index (χ2v) is 5.87. The normalized spacial score (nSPS) is 12.6. The molecule has 1 amide bonds. The maximum Gasteiger partial charge on any atom is 0.416 e. The van der Waals surface area contributed by atoms with Crippen molar-refractivity contribution in [1.29, 1.82) is 0 Å². The van der Waals surface area contributed by atoms with Gasteiger partial charge in [-0.05, 0) is 23.8 Å². The highest BCUT2D eigenvalue weighted by atomic mass is 19.4. The van der Waals surface area contributed by atoms with Crippen molar-refractivity contribution in [1.82, 2.24) is 10.5 Å². The molecule has 0 bridgehead atoms. The van der Waals surface area contributed by atoms with Gasteiger partial charge in [0, 0.05) is 12.6 Å². The quantitative estimate of drug-likeness (QED) is 0.643. The van der Waals surface area contributed by atoms with Gasteiger partial charge in [-0.25, -0.2) is 4.39 Å². The zero-order valence-corrected chi connectivity index (χ0v) is 14.2. The van der Waals surface area contributed by atoms with E-state index in [9.17, 15) is 27.5 Å². The van der Waals surface area contributed by atoms with Crippen molar-refractivity contribution in [3.8, 4) is 11.3 Å². The number of aromatic nitrogens is 1. The highest BCUT2D eigenvalue weighted by Gasteiger charge is 2.34. The number of amides is 1. The molecule has 0 aliphatic heterocycles. The molecule has 1 heterocycles. The van der Waals surface area contributed by atoms with Crippen molar-refractivity contribution in [3.63, 3.8) is 0 Å². The predicted molar refractivity (Wildman–Crippen MR) is 90.6 cm³/mol. The molecule has 3 rings (SSSR count). The molecule has 3 aromatic rings. The number of nitrogens with one attached hydrogen (secondary N) is 1. The SMILES string of the molecule is O=C(NCC(O)c1ccccc1C(F)(F)F)c1cc(-c2ccccc2F)on1. The van der Waals surface area contributed by atoms with Gasteiger partial charge in [0.1, 0.15) is 5.82 Å². The molecule has 0 aliphatic rings. The van der Waals surface area contributed by atoms with Crippen LogP contribution >= 0.6 is 0 Å². The van der Waals surface area contributed by atoms with Crippen LogP contribution in [0, 0.1) is 5.82 Å². The highest BCUT2D eigenvalue weighted by Crippen LogP contribution is 2.34. The number of carbonyl (C=O) groups is 1. The summed E-state index contributed by atoms with van der Waals surface area (Å²) in [6, 6.07) is 11.5. The van der Waals surface area contributed by atoms with E-state index in [1.165, 1.54) is 36.4 Å². The second kappa shape index (κ2) is 7.81. The van der Waals surface area contributed by atoms with Crippen LogP contribution in [0.2, 0.25) is 0 Å². The van der Waals surface area contributed by atoms with Gasteiger partial charge in [-0.3, -0.25) is 4.79 Å². The number of halogens is 4. The van der Waals surface area contributed by atoms with Gasteiger partial charge in [-0.15, -0.1) is 0 Å². The summed E-state index contributed by atoms with van der Waals surface area (Å²) in [6.07, 6.45) is -6.22. The summed E-state index contributed by atoms with van der Waals surface area (Å²) in [5, 5.41) is 15.9. The second-order valence-electron chi connectivity index (χ2n) is 5.87. The van der Waals surface area contributed by atoms with Crippen LogP contribution in [-0.2, 0) is 6.18 Å². The molecule has 2 aromatic carbocycles. The Morgan fingerprint density at radius 2 is 1.82 bits per heavy atom. The van der Waals surface area contributed by atoms with E-state index in [0.717, 1.165) is 12.1 Å². The van der Waals surface area contributed by atoms with Crippen molar-refractivity contribution >= 4 is 5.91 Å². The topological polar surface area (TPSA) is 75.4 Å². The Labute approximate surface area is 156 Å². The molecule has 0 aliphatic carbocycles. The Hall–Kier alpha value is -3.20. The lowest BCUT2D eigenvalue weighted by molar-refractivity contribution is -0.139. The fourth-order valence-electron chi connectivity index (χ4n) is 2.61. The Balaban J connectivity index is 1.69. The number of nitrogens with zero attached hydrogens (tertiary/aromatic N) is 1. The molecule has 9 heteroatoms. The van der Waals surface area contributed by atoms with Crippen LogP contribution in [0.1, 0.15) is 27.7 Å². The molecule has 28 heavy (non-hydrogen) atoms. The van der Waals surface area contributed by atoms with E-state index in [1.807, 2.05) is 0 Å². The fourth-order valence-corrected chi connectivity index (χ4v) is 2.61. The summed E-state index contributed by atoms with van der Waals surface area (Å²) in [5.41, 5.74) is -1.44. The lowest BCUT2D eigenvalue weighted by atomic mass is 10.0. The van der Waals surface area contributed by atoms with Crippen molar-refractivity contribution in [2.45, 2.75) is 12.3 Å². The Kier molecular flexibility index (Phi) is 5.46. The molecule has 146 valence electrons. The predicted octanol–water partition coefficient (Wildman–Crippen LogP) is 3.96. The Morgan fingerprint density at radius 3 is 2.54 bits per heavy atom. The number of carbonyl (C=O) groups excluding carboxylic acids is 1. The lowest BCUT2D eigenvalue weighted by Crippen LogP contribution is -2.29. The minimum absolute atomic E-state index is 0.0196. The van der Waals surface area contributed by atoms with Gasteiger partial charge in [0.2, 0.25) is 0 Å². The molecule has 0 spiro atoms. The molecule has 0 radical (unpaired) electrons. The molecule has 0 saturated heterocycles.